The summed E-state index contributed by atoms with van der Waals surface area (Å²) in [5.74, 6) is 0.848. The van der Waals surface area contributed by atoms with E-state index in [2.05, 4.69) is 15.3 Å². The van der Waals surface area contributed by atoms with Gasteiger partial charge in [0.05, 0.1) is 6.21 Å². The second-order valence-electron chi connectivity index (χ2n) is 1.71. The van der Waals surface area contributed by atoms with Crippen LogP contribution in [0.1, 0.15) is 6.42 Å². The van der Waals surface area contributed by atoms with Crippen molar-refractivity contribution in [2.24, 2.45) is 9.98 Å². The molecule has 0 saturated carbocycles. The first-order valence-electron chi connectivity index (χ1n) is 2.91. The van der Waals surface area contributed by atoms with Gasteiger partial charge in [-0.15, -0.1) is 0 Å². The van der Waals surface area contributed by atoms with Gasteiger partial charge in [-0.05, 0) is 13.3 Å². The molecule has 1 rings (SSSR count). The average molecular weight is 123 g/mol. The van der Waals surface area contributed by atoms with Crippen molar-refractivity contribution in [1.82, 2.24) is 5.32 Å². The second kappa shape index (κ2) is 3.22. The maximum atomic E-state index is 5.24. The Morgan fingerprint density at radius 3 is 3.22 bits per heavy atom. The molecule has 0 aliphatic carbocycles. The van der Waals surface area contributed by atoms with Crippen molar-refractivity contribution < 1.29 is 0 Å². The number of nitrogens with zero attached hydrogens (tertiary/aromatic N) is 2. The molecule has 1 heterocycles. The molecule has 2 radical (unpaired) electrons. The van der Waals surface area contributed by atoms with E-state index >= 15 is 0 Å². The summed E-state index contributed by atoms with van der Waals surface area (Å²) in [4.78, 5) is 7.89. The number of aliphatic imine (C=N–C) groups is 2. The van der Waals surface area contributed by atoms with Crippen LogP contribution in [0.2, 0.25) is 0 Å². The van der Waals surface area contributed by atoms with Crippen molar-refractivity contribution in [3.8, 4) is 0 Å². The first-order valence-corrected chi connectivity index (χ1v) is 2.91. The van der Waals surface area contributed by atoms with Gasteiger partial charge in [0.1, 0.15) is 12.5 Å². The highest BCUT2D eigenvalue weighted by molar-refractivity contribution is 6.30. The Morgan fingerprint density at radius 1 is 1.78 bits per heavy atom. The molecule has 0 spiro atoms. The number of hydrogen-bond acceptors (Lipinski definition) is 3. The lowest BCUT2D eigenvalue weighted by Crippen LogP contribution is -2.23. The molecule has 0 aromatic carbocycles. The zero-order valence-corrected chi connectivity index (χ0v) is 5.17. The van der Waals surface area contributed by atoms with Crippen LogP contribution in [0.25, 0.3) is 0 Å². The molecule has 48 valence electrons. The molecule has 0 aromatic rings. The van der Waals surface area contributed by atoms with Crippen molar-refractivity contribution in [2.75, 3.05) is 13.2 Å². The van der Waals surface area contributed by atoms with Crippen molar-refractivity contribution in [3.63, 3.8) is 0 Å². The molecule has 1 N–H and O–H groups in total. The van der Waals surface area contributed by atoms with Gasteiger partial charge in [0.15, 0.2) is 0 Å². The van der Waals surface area contributed by atoms with Crippen LogP contribution < -0.4 is 5.32 Å². The van der Waals surface area contributed by atoms with Crippen LogP contribution in [0.15, 0.2) is 9.98 Å². The van der Waals surface area contributed by atoms with E-state index in [1.54, 1.807) is 6.21 Å². The number of amidine groups is 1. The van der Waals surface area contributed by atoms with Gasteiger partial charge >= 0.3 is 0 Å². The van der Waals surface area contributed by atoms with Gasteiger partial charge in [0.2, 0.25) is 0 Å². The second-order valence-corrected chi connectivity index (χ2v) is 1.71. The third-order valence-corrected chi connectivity index (χ3v) is 0.987. The molecule has 0 bridgehead atoms. The molecule has 0 saturated heterocycles. The smallest absolute Gasteiger partial charge is 0.141 e. The fourth-order valence-electron chi connectivity index (χ4n) is 0.587. The average Bonchev–Trinajstić information content (AvgIpc) is 2.34. The largest absolute Gasteiger partial charge is 0.369 e. The molecule has 1 aliphatic heterocycles. The lowest BCUT2D eigenvalue weighted by atomic mass is 10.5. The predicted molar refractivity (Wildman–Crippen MR) is 37.7 cm³/mol. The first-order chi connectivity index (χ1) is 4.43. The van der Waals surface area contributed by atoms with Gasteiger partial charge in [0, 0.05) is 6.54 Å². The Kier molecular flexibility index (Phi) is 2.24. The van der Waals surface area contributed by atoms with Crippen LogP contribution in [-0.2, 0) is 0 Å². The Hall–Kier alpha value is -0.860. The zero-order valence-electron chi connectivity index (χ0n) is 5.17. The molecule has 0 amide bonds. The Bertz CT molecular complexity index is 137. The van der Waals surface area contributed by atoms with Crippen LogP contribution in [0, 0.1) is 6.92 Å². The fraction of sp³-hybridized carbons (Fsp3) is 0.500. The molecule has 0 fully saturated rings. The van der Waals surface area contributed by atoms with Crippen LogP contribution in [0.3, 0.4) is 0 Å². The van der Waals surface area contributed by atoms with E-state index in [9.17, 15) is 0 Å². The lowest BCUT2D eigenvalue weighted by molar-refractivity contribution is 0.891. The molecular weight excluding hydrogens is 114 g/mol. The fourth-order valence-corrected chi connectivity index (χ4v) is 0.587. The van der Waals surface area contributed by atoms with Gasteiger partial charge < -0.3 is 5.32 Å². The summed E-state index contributed by atoms with van der Waals surface area (Å²) in [6.45, 7) is 6.58. The van der Waals surface area contributed by atoms with Crippen LogP contribution >= 0.6 is 0 Å². The molecule has 0 aromatic heterocycles. The van der Waals surface area contributed by atoms with E-state index in [4.69, 9.17) is 6.92 Å². The summed E-state index contributed by atoms with van der Waals surface area (Å²) in [5.41, 5.74) is 0. The van der Waals surface area contributed by atoms with E-state index < -0.39 is 0 Å². The minimum atomic E-state index is 0.562. The topological polar surface area (TPSA) is 36.8 Å². The van der Waals surface area contributed by atoms with Crippen molar-refractivity contribution >= 4 is 12.1 Å². The normalized spacial score (nSPS) is 15.9. The standard InChI is InChI=1S/C6H9N3/c1-2-3-8-6-4-7-5-9-6/h1,4H,2-3,5H2,(H,8,9). The van der Waals surface area contributed by atoms with Crippen molar-refractivity contribution in [3.05, 3.63) is 6.92 Å². The highest BCUT2D eigenvalue weighted by Crippen LogP contribution is 1.83. The van der Waals surface area contributed by atoms with Gasteiger partial charge in [-0.1, -0.05) is 0 Å². The monoisotopic (exact) mass is 123 g/mol. The first kappa shape index (κ1) is 6.26. The lowest BCUT2D eigenvalue weighted by Gasteiger charge is -1.97. The molecule has 0 unspecified atom stereocenters. The van der Waals surface area contributed by atoms with Crippen LogP contribution in [0.5, 0.6) is 0 Å². The highest BCUT2D eigenvalue weighted by atomic mass is 15.1. The molecule has 1 aliphatic rings. The Labute approximate surface area is 54.9 Å². The van der Waals surface area contributed by atoms with E-state index in [1.807, 2.05) is 0 Å². The maximum Gasteiger partial charge on any atom is 0.141 e. The summed E-state index contributed by atoms with van der Waals surface area (Å²) in [6.07, 6.45) is 2.35. The Balaban J connectivity index is 2.19. The molecule has 3 nitrogen and oxygen atoms in total. The van der Waals surface area contributed by atoms with Gasteiger partial charge in [-0.3, -0.25) is 4.99 Å². The summed E-state index contributed by atoms with van der Waals surface area (Å²) < 4.78 is 0. The number of rotatable bonds is 2. The maximum absolute atomic E-state index is 5.24. The number of hydrogen-bond donors (Lipinski definition) is 1. The van der Waals surface area contributed by atoms with Gasteiger partial charge in [-0.25, -0.2) is 4.99 Å². The van der Waals surface area contributed by atoms with Crippen LogP contribution in [-0.4, -0.2) is 25.3 Å². The molecule has 0 atom stereocenters. The third-order valence-electron chi connectivity index (χ3n) is 0.987. The van der Waals surface area contributed by atoms with Crippen molar-refractivity contribution in [2.45, 2.75) is 6.42 Å². The molecular formula is C6H9N3. The van der Waals surface area contributed by atoms with Crippen LogP contribution in [0.4, 0.5) is 0 Å². The van der Waals surface area contributed by atoms with E-state index in [1.165, 1.54) is 0 Å². The SMILES string of the molecule is [CH]CCNC1=NCN=C1. The minimum absolute atomic E-state index is 0.562. The van der Waals surface area contributed by atoms with Gasteiger partial charge in [0.25, 0.3) is 0 Å². The number of nitrogens with one attached hydrogen (secondary N) is 1. The van der Waals surface area contributed by atoms with E-state index in [-0.39, 0.29) is 0 Å². The Morgan fingerprint density at radius 2 is 2.67 bits per heavy atom. The summed E-state index contributed by atoms with van der Waals surface area (Å²) in [5, 5.41) is 3.01. The van der Waals surface area contributed by atoms with Gasteiger partial charge in [-0.2, -0.15) is 0 Å². The predicted octanol–water partition coefficient (Wildman–Crippen LogP) is 0.118. The quantitative estimate of drug-likeness (QED) is 0.556. The van der Waals surface area contributed by atoms with E-state index in [0.29, 0.717) is 13.1 Å². The van der Waals surface area contributed by atoms with Crippen molar-refractivity contribution in [1.29, 1.82) is 0 Å². The third kappa shape index (κ3) is 1.83. The summed E-state index contributed by atoms with van der Waals surface area (Å²) >= 11 is 0. The summed E-state index contributed by atoms with van der Waals surface area (Å²) in [7, 11) is 0. The van der Waals surface area contributed by atoms with E-state index in [0.717, 1.165) is 12.4 Å². The summed E-state index contributed by atoms with van der Waals surface area (Å²) in [6, 6.07) is 0. The highest BCUT2D eigenvalue weighted by Gasteiger charge is 1.95. The molecule has 3 heteroatoms. The molecule has 9 heavy (non-hydrogen) atoms. The minimum Gasteiger partial charge on any atom is -0.369 e. The zero-order chi connectivity index (χ0) is 6.53.